The van der Waals surface area contributed by atoms with Crippen LogP contribution in [0.1, 0.15) is 16.2 Å². The number of hydrogen-bond donors (Lipinski definition) is 2. The third-order valence-electron chi connectivity index (χ3n) is 4.17. The summed E-state index contributed by atoms with van der Waals surface area (Å²) >= 11 is 4.26. The number of halogens is 3. The predicted octanol–water partition coefficient (Wildman–Crippen LogP) is 4.17. The summed E-state index contributed by atoms with van der Waals surface area (Å²) < 4.78 is 29.9. The Morgan fingerprint density at radius 1 is 1.16 bits per heavy atom. The summed E-state index contributed by atoms with van der Waals surface area (Å²) in [6, 6.07) is 9.98. The van der Waals surface area contributed by atoms with E-state index >= 15 is 0 Å². The minimum Gasteiger partial charge on any atom is -0.345 e. The van der Waals surface area contributed by atoms with Crippen molar-refractivity contribution in [2.24, 2.45) is 0 Å². The number of nitrogens with one attached hydrogen (secondary N) is 2. The number of anilines is 1. The highest BCUT2D eigenvalue weighted by molar-refractivity contribution is 9.10. The van der Waals surface area contributed by atoms with Crippen LogP contribution in [-0.2, 0) is 17.9 Å². The Bertz CT molecular complexity index is 1150. The fourth-order valence-corrected chi connectivity index (χ4v) is 3.78. The molecular formula is C21H18BrF2N5O2S. The van der Waals surface area contributed by atoms with E-state index in [1.54, 1.807) is 22.8 Å². The van der Waals surface area contributed by atoms with Gasteiger partial charge in [0.15, 0.2) is 11.0 Å². The van der Waals surface area contributed by atoms with E-state index in [1.807, 2.05) is 0 Å². The molecule has 0 saturated heterocycles. The average molecular weight is 522 g/mol. The summed E-state index contributed by atoms with van der Waals surface area (Å²) in [6.45, 7) is 4.03. The first kappa shape index (κ1) is 23.6. The molecule has 3 aromatic rings. The largest absolute Gasteiger partial charge is 0.345 e. The Kier molecular flexibility index (Phi) is 8.12. The van der Waals surface area contributed by atoms with Crippen molar-refractivity contribution in [2.75, 3.05) is 11.1 Å². The maximum atomic E-state index is 13.9. The fraction of sp³-hybridized carbons (Fsp3) is 0.143. The molecular weight excluding hydrogens is 504 g/mol. The maximum Gasteiger partial charge on any atom is 0.254 e. The number of carbonyl (C=O) groups excluding carboxylic acids is 2. The monoisotopic (exact) mass is 521 g/mol. The van der Waals surface area contributed by atoms with E-state index in [1.165, 1.54) is 30.3 Å². The second kappa shape index (κ2) is 11.0. The highest BCUT2D eigenvalue weighted by atomic mass is 79.9. The first-order valence-corrected chi connectivity index (χ1v) is 11.1. The lowest BCUT2D eigenvalue weighted by atomic mass is 10.2. The zero-order chi connectivity index (χ0) is 23.1. The van der Waals surface area contributed by atoms with Gasteiger partial charge in [0.1, 0.15) is 11.6 Å². The Labute approximate surface area is 195 Å². The summed E-state index contributed by atoms with van der Waals surface area (Å²) in [5.74, 6) is -1.80. The highest BCUT2D eigenvalue weighted by Crippen LogP contribution is 2.21. The lowest BCUT2D eigenvalue weighted by molar-refractivity contribution is -0.113. The summed E-state index contributed by atoms with van der Waals surface area (Å²) in [5, 5.41) is 13.6. The zero-order valence-corrected chi connectivity index (χ0v) is 19.1. The number of benzene rings is 2. The molecule has 166 valence electrons. The van der Waals surface area contributed by atoms with Gasteiger partial charge in [-0.1, -0.05) is 45.9 Å². The van der Waals surface area contributed by atoms with Crippen LogP contribution in [0.15, 0.2) is 64.7 Å². The van der Waals surface area contributed by atoms with Crippen LogP contribution in [-0.4, -0.2) is 32.3 Å². The number of allylic oxidation sites excluding steroid dienone is 1. The molecule has 0 spiro atoms. The summed E-state index contributed by atoms with van der Waals surface area (Å²) in [4.78, 5) is 24.5. The lowest BCUT2D eigenvalue weighted by Crippen LogP contribution is -2.25. The molecule has 7 nitrogen and oxygen atoms in total. The predicted molar refractivity (Wildman–Crippen MR) is 121 cm³/mol. The Balaban J connectivity index is 1.62. The molecule has 0 aliphatic rings. The molecule has 0 unspecified atom stereocenters. The molecule has 0 aliphatic carbocycles. The van der Waals surface area contributed by atoms with Gasteiger partial charge in [-0.15, -0.1) is 16.8 Å². The van der Waals surface area contributed by atoms with Crippen molar-refractivity contribution in [2.45, 2.75) is 18.2 Å². The number of hydrogen-bond acceptors (Lipinski definition) is 5. The third-order valence-corrected chi connectivity index (χ3v) is 5.63. The van der Waals surface area contributed by atoms with Crippen LogP contribution in [0.4, 0.5) is 14.5 Å². The van der Waals surface area contributed by atoms with Crippen molar-refractivity contribution in [3.05, 3.63) is 82.6 Å². The van der Waals surface area contributed by atoms with E-state index in [9.17, 15) is 18.4 Å². The molecule has 2 aromatic carbocycles. The van der Waals surface area contributed by atoms with Crippen molar-refractivity contribution in [3.63, 3.8) is 0 Å². The van der Waals surface area contributed by atoms with Crippen LogP contribution in [0.25, 0.3) is 0 Å². The van der Waals surface area contributed by atoms with Crippen LogP contribution in [0.3, 0.4) is 0 Å². The van der Waals surface area contributed by atoms with E-state index in [0.717, 1.165) is 11.8 Å². The van der Waals surface area contributed by atoms with Crippen LogP contribution >= 0.6 is 27.7 Å². The first-order valence-electron chi connectivity index (χ1n) is 9.32. The quantitative estimate of drug-likeness (QED) is 0.326. The molecule has 1 heterocycles. The number of aromatic nitrogens is 3. The van der Waals surface area contributed by atoms with Gasteiger partial charge in [0, 0.05) is 11.0 Å². The van der Waals surface area contributed by atoms with Crippen molar-refractivity contribution in [1.82, 2.24) is 20.1 Å². The van der Waals surface area contributed by atoms with Gasteiger partial charge in [0.25, 0.3) is 5.91 Å². The summed E-state index contributed by atoms with van der Waals surface area (Å²) in [6.07, 6.45) is 1.62. The molecule has 2 amide bonds. The van der Waals surface area contributed by atoms with Gasteiger partial charge in [-0.05, 0) is 30.3 Å². The van der Waals surface area contributed by atoms with Crippen molar-refractivity contribution < 1.29 is 18.4 Å². The number of carbonyl (C=O) groups is 2. The molecule has 0 bridgehead atoms. The van der Waals surface area contributed by atoms with Gasteiger partial charge >= 0.3 is 0 Å². The van der Waals surface area contributed by atoms with Gasteiger partial charge in [0.2, 0.25) is 5.91 Å². The molecule has 11 heteroatoms. The molecule has 3 rings (SSSR count). The van der Waals surface area contributed by atoms with E-state index in [0.29, 0.717) is 22.0 Å². The topological polar surface area (TPSA) is 88.9 Å². The van der Waals surface area contributed by atoms with Crippen molar-refractivity contribution in [1.29, 1.82) is 0 Å². The lowest BCUT2D eigenvalue weighted by Gasteiger charge is -2.10. The molecule has 0 aliphatic heterocycles. The number of amides is 2. The van der Waals surface area contributed by atoms with Crippen molar-refractivity contribution in [3.8, 4) is 0 Å². The van der Waals surface area contributed by atoms with Gasteiger partial charge in [0.05, 0.1) is 23.5 Å². The van der Waals surface area contributed by atoms with Crippen LogP contribution in [0.5, 0.6) is 0 Å². The van der Waals surface area contributed by atoms with Gasteiger partial charge in [-0.2, -0.15) is 0 Å². The maximum absolute atomic E-state index is 13.9. The van der Waals surface area contributed by atoms with E-state index in [2.05, 4.69) is 43.3 Å². The van der Waals surface area contributed by atoms with Crippen molar-refractivity contribution >= 4 is 45.2 Å². The second-order valence-electron chi connectivity index (χ2n) is 6.42. The van der Waals surface area contributed by atoms with E-state index in [4.69, 9.17) is 0 Å². The molecule has 0 radical (unpaired) electrons. The number of nitrogens with zero attached hydrogens (tertiary/aromatic N) is 3. The van der Waals surface area contributed by atoms with Crippen LogP contribution in [0.2, 0.25) is 0 Å². The summed E-state index contributed by atoms with van der Waals surface area (Å²) in [7, 11) is 0. The Morgan fingerprint density at radius 2 is 1.94 bits per heavy atom. The molecule has 0 atom stereocenters. The number of rotatable bonds is 9. The number of thioether (sulfide) groups is 1. The minimum absolute atomic E-state index is 0.00483. The zero-order valence-electron chi connectivity index (χ0n) is 16.6. The average Bonchev–Trinajstić information content (AvgIpc) is 3.15. The first-order chi connectivity index (χ1) is 15.4. The molecule has 1 aromatic heterocycles. The Morgan fingerprint density at radius 3 is 2.66 bits per heavy atom. The standard InChI is InChI=1S/C21H18BrF2N5O2S/c1-2-9-29-18(11-25-20(31)14-5-3-4-6-15(14)23)27-28-21(29)32-12-19(30)26-17-8-7-13(22)10-16(17)24/h2-8,10H,1,9,11-12H2,(H,25,31)(H,26,30). The molecule has 32 heavy (non-hydrogen) atoms. The van der Waals surface area contributed by atoms with Gasteiger partial charge in [-0.3, -0.25) is 9.59 Å². The Hall–Kier alpha value is -3.05. The van der Waals surface area contributed by atoms with Crippen LogP contribution in [0, 0.1) is 11.6 Å². The molecule has 0 fully saturated rings. The molecule has 2 N–H and O–H groups in total. The fourth-order valence-electron chi connectivity index (χ4n) is 2.68. The highest BCUT2D eigenvalue weighted by Gasteiger charge is 2.16. The molecule has 0 saturated carbocycles. The van der Waals surface area contributed by atoms with E-state index < -0.39 is 23.4 Å². The van der Waals surface area contributed by atoms with Crippen LogP contribution < -0.4 is 10.6 Å². The van der Waals surface area contributed by atoms with Gasteiger partial charge in [-0.25, -0.2) is 8.78 Å². The van der Waals surface area contributed by atoms with E-state index in [-0.39, 0.29) is 23.5 Å². The smallest absolute Gasteiger partial charge is 0.254 e. The third kappa shape index (κ3) is 6.01. The normalized spacial score (nSPS) is 10.6. The SMILES string of the molecule is C=CCn1c(CNC(=O)c2ccccc2F)nnc1SCC(=O)Nc1ccc(Br)cc1F. The minimum atomic E-state index is -0.623. The second-order valence-corrected chi connectivity index (χ2v) is 8.28. The summed E-state index contributed by atoms with van der Waals surface area (Å²) in [5.41, 5.74) is -0.00312. The van der Waals surface area contributed by atoms with Gasteiger partial charge < -0.3 is 15.2 Å².